The van der Waals surface area contributed by atoms with Gasteiger partial charge in [0.25, 0.3) is 10.0 Å². The van der Waals surface area contributed by atoms with Gasteiger partial charge in [0.2, 0.25) is 5.09 Å². The Morgan fingerprint density at radius 1 is 0.909 bits per heavy atom. The zero-order chi connectivity index (χ0) is 22.7. The van der Waals surface area contributed by atoms with E-state index in [1.807, 2.05) is 18.3 Å². The normalized spacial score (nSPS) is 23.9. The van der Waals surface area contributed by atoms with Crippen molar-refractivity contribution in [3.05, 3.63) is 42.3 Å². The monoisotopic (exact) mass is 473 g/mol. The maximum absolute atomic E-state index is 12.7. The Bertz CT molecular complexity index is 998. The molecule has 1 atom stereocenters. The number of anilines is 1. The minimum atomic E-state index is -3.48. The Kier molecular flexibility index (Phi) is 7.01. The highest BCUT2D eigenvalue weighted by molar-refractivity contribution is 7.89. The first-order valence-corrected chi connectivity index (χ1v) is 13.7. The Hall–Kier alpha value is -1.94. The number of piperazine rings is 1. The van der Waals surface area contributed by atoms with Crippen LogP contribution in [0.4, 0.5) is 5.82 Å². The van der Waals surface area contributed by atoms with Crippen LogP contribution in [0, 0.1) is 5.92 Å². The molecular formula is C24H35N5O3S. The van der Waals surface area contributed by atoms with Crippen molar-refractivity contribution >= 4 is 15.8 Å². The van der Waals surface area contributed by atoms with Crippen LogP contribution in [0.5, 0.6) is 0 Å². The predicted molar refractivity (Wildman–Crippen MR) is 128 cm³/mol. The summed E-state index contributed by atoms with van der Waals surface area (Å²) in [5.74, 6) is 2.46. The molecule has 0 spiro atoms. The summed E-state index contributed by atoms with van der Waals surface area (Å²) in [7, 11) is -3.48. The van der Waals surface area contributed by atoms with Gasteiger partial charge in [-0.15, -0.1) is 0 Å². The van der Waals surface area contributed by atoms with Crippen LogP contribution in [0.15, 0.2) is 46.0 Å². The molecule has 3 aliphatic rings. The highest BCUT2D eigenvalue weighted by Gasteiger charge is 2.31. The first kappa shape index (κ1) is 22.8. The molecule has 8 nitrogen and oxygen atoms in total. The van der Waals surface area contributed by atoms with Gasteiger partial charge in [-0.05, 0) is 62.4 Å². The van der Waals surface area contributed by atoms with Crippen molar-refractivity contribution in [1.82, 2.24) is 19.1 Å². The molecule has 3 aliphatic heterocycles. The van der Waals surface area contributed by atoms with Gasteiger partial charge in [0, 0.05) is 58.6 Å². The number of hydrogen-bond donors (Lipinski definition) is 0. The lowest BCUT2D eigenvalue weighted by Crippen LogP contribution is -2.49. The molecule has 0 saturated carbocycles. The number of furan rings is 1. The van der Waals surface area contributed by atoms with Crippen molar-refractivity contribution in [2.24, 2.45) is 5.92 Å². The van der Waals surface area contributed by atoms with Crippen molar-refractivity contribution in [3.63, 3.8) is 0 Å². The van der Waals surface area contributed by atoms with Gasteiger partial charge >= 0.3 is 0 Å². The SMILES string of the molecule is O=S(=O)(c1ccc(CN2CCCC(CN3CCN(c4ccccn4)CC3)C2)o1)N1CCCC1. The minimum Gasteiger partial charge on any atom is -0.447 e. The number of aromatic nitrogens is 1. The lowest BCUT2D eigenvalue weighted by Gasteiger charge is -2.39. The Morgan fingerprint density at radius 3 is 2.48 bits per heavy atom. The first-order chi connectivity index (χ1) is 16.1. The van der Waals surface area contributed by atoms with Gasteiger partial charge in [-0.25, -0.2) is 13.4 Å². The van der Waals surface area contributed by atoms with E-state index in [2.05, 4.69) is 31.8 Å². The number of rotatable bonds is 7. The number of nitrogens with zero attached hydrogens (tertiary/aromatic N) is 5. The van der Waals surface area contributed by atoms with Crippen LogP contribution < -0.4 is 4.90 Å². The van der Waals surface area contributed by atoms with Crippen molar-refractivity contribution in [1.29, 1.82) is 0 Å². The van der Waals surface area contributed by atoms with Crippen LogP contribution in [-0.4, -0.2) is 86.4 Å². The van der Waals surface area contributed by atoms with Gasteiger partial charge in [0.05, 0.1) is 6.54 Å². The fraction of sp³-hybridized carbons (Fsp3) is 0.625. The average molecular weight is 474 g/mol. The van der Waals surface area contributed by atoms with E-state index < -0.39 is 10.0 Å². The molecule has 33 heavy (non-hydrogen) atoms. The quantitative estimate of drug-likeness (QED) is 0.612. The zero-order valence-corrected chi connectivity index (χ0v) is 20.1. The van der Waals surface area contributed by atoms with Crippen LogP contribution in [0.3, 0.4) is 0 Å². The third-order valence-electron chi connectivity index (χ3n) is 7.14. The molecule has 1 unspecified atom stereocenters. The molecule has 2 aromatic rings. The first-order valence-electron chi connectivity index (χ1n) is 12.3. The standard InChI is InChI=1S/C24H35N5O3S/c30-33(31,29-12-3-4-13-29)24-9-8-22(32-24)20-27-11-5-6-21(19-27)18-26-14-16-28(17-15-26)23-7-1-2-10-25-23/h1-2,7-10,21H,3-6,11-20H2. The van der Waals surface area contributed by atoms with Crippen LogP contribution in [-0.2, 0) is 16.6 Å². The Labute approximate surface area is 197 Å². The van der Waals surface area contributed by atoms with Crippen LogP contribution in [0.2, 0.25) is 0 Å². The molecule has 5 rings (SSSR count). The molecule has 5 heterocycles. The average Bonchev–Trinajstić information content (AvgIpc) is 3.54. The van der Waals surface area contributed by atoms with Gasteiger partial charge < -0.3 is 9.32 Å². The van der Waals surface area contributed by atoms with E-state index in [0.29, 0.717) is 25.6 Å². The molecule has 2 aromatic heterocycles. The van der Waals surface area contributed by atoms with E-state index in [9.17, 15) is 8.42 Å². The summed E-state index contributed by atoms with van der Waals surface area (Å²) < 4.78 is 32.8. The Balaban J connectivity index is 1.11. The summed E-state index contributed by atoms with van der Waals surface area (Å²) in [6.45, 7) is 9.27. The fourth-order valence-corrected chi connectivity index (χ4v) is 6.81. The molecule has 9 heteroatoms. The third kappa shape index (κ3) is 5.42. The maximum atomic E-state index is 12.7. The highest BCUT2D eigenvalue weighted by Crippen LogP contribution is 2.25. The van der Waals surface area contributed by atoms with Crippen molar-refractivity contribution in [2.75, 3.05) is 63.8 Å². The second-order valence-corrected chi connectivity index (χ2v) is 11.4. The van der Waals surface area contributed by atoms with Crippen LogP contribution in [0.1, 0.15) is 31.4 Å². The second-order valence-electron chi connectivity index (χ2n) is 9.55. The Morgan fingerprint density at radius 2 is 1.73 bits per heavy atom. The summed E-state index contributed by atoms with van der Waals surface area (Å²) in [6, 6.07) is 9.57. The smallest absolute Gasteiger partial charge is 0.276 e. The number of sulfonamides is 1. The van der Waals surface area contributed by atoms with Crippen molar-refractivity contribution in [2.45, 2.75) is 37.3 Å². The molecule has 3 saturated heterocycles. The van der Waals surface area contributed by atoms with Gasteiger partial charge in [-0.1, -0.05) is 6.07 Å². The zero-order valence-electron chi connectivity index (χ0n) is 19.3. The van der Waals surface area contributed by atoms with E-state index in [4.69, 9.17) is 4.42 Å². The molecule has 0 amide bonds. The molecular weight excluding hydrogens is 438 g/mol. The maximum Gasteiger partial charge on any atom is 0.276 e. The molecule has 0 bridgehead atoms. The number of hydrogen-bond acceptors (Lipinski definition) is 7. The highest BCUT2D eigenvalue weighted by atomic mass is 32.2. The predicted octanol–water partition coefficient (Wildman–Crippen LogP) is 2.49. The molecule has 0 N–H and O–H groups in total. The summed E-state index contributed by atoms with van der Waals surface area (Å²) in [5, 5.41) is 0.0961. The lowest BCUT2D eigenvalue weighted by molar-refractivity contribution is 0.118. The molecule has 180 valence electrons. The van der Waals surface area contributed by atoms with Crippen LogP contribution >= 0.6 is 0 Å². The van der Waals surface area contributed by atoms with E-state index in [-0.39, 0.29) is 5.09 Å². The summed E-state index contributed by atoms with van der Waals surface area (Å²) >= 11 is 0. The third-order valence-corrected chi connectivity index (χ3v) is 8.91. The molecule has 3 fully saturated rings. The fourth-order valence-electron chi connectivity index (χ4n) is 5.37. The molecule has 0 aliphatic carbocycles. The number of pyridine rings is 1. The van der Waals surface area contributed by atoms with E-state index in [0.717, 1.165) is 70.2 Å². The molecule has 0 radical (unpaired) electrons. The summed E-state index contributed by atoms with van der Waals surface area (Å²) in [5.41, 5.74) is 0. The van der Waals surface area contributed by atoms with E-state index in [1.54, 1.807) is 10.4 Å². The lowest BCUT2D eigenvalue weighted by atomic mass is 9.97. The van der Waals surface area contributed by atoms with Gasteiger partial charge in [0.1, 0.15) is 11.6 Å². The van der Waals surface area contributed by atoms with Gasteiger partial charge in [-0.2, -0.15) is 4.31 Å². The number of piperidine rings is 1. The number of likely N-dealkylation sites (tertiary alicyclic amines) is 1. The minimum absolute atomic E-state index is 0.0961. The summed E-state index contributed by atoms with van der Waals surface area (Å²) in [4.78, 5) is 11.9. The largest absolute Gasteiger partial charge is 0.447 e. The van der Waals surface area contributed by atoms with Crippen LogP contribution in [0.25, 0.3) is 0 Å². The van der Waals surface area contributed by atoms with Crippen molar-refractivity contribution in [3.8, 4) is 0 Å². The van der Waals surface area contributed by atoms with E-state index in [1.165, 1.54) is 12.8 Å². The molecule has 0 aromatic carbocycles. The topological polar surface area (TPSA) is 73.1 Å². The van der Waals surface area contributed by atoms with Gasteiger partial charge in [-0.3, -0.25) is 9.80 Å². The van der Waals surface area contributed by atoms with E-state index >= 15 is 0 Å². The van der Waals surface area contributed by atoms with Gasteiger partial charge in [0.15, 0.2) is 0 Å². The van der Waals surface area contributed by atoms with Crippen molar-refractivity contribution < 1.29 is 12.8 Å². The second kappa shape index (κ2) is 10.1. The summed E-state index contributed by atoms with van der Waals surface area (Å²) in [6.07, 6.45) is 6.16.